The van der Waals surface area contributed by atoms with Crippen LogP contribution in [0.2, 0.25) is 0 Å². The molecule has 0 bridgehead atoms. The molecular formula is C16H25N3S. The highest BCUT2D eigenvalue weighted by Gasteiger charge is 2.46. The molecule has 0 radical (unpaired) electrons. The monoisotopic (exact) mass is 291 g/mol. The van der Waals surface area contributed by atoms with Crippen LogP contribution >= 0.6 is 11.3 Å². The number of rotatable bonds is 3. The van der Waals surface area contributed by atoms with Crippen molar-refractivity contribution in [2.45, 2.75) is 63.6 Å². The Morgan fingerprint density at radius 2 is 2.20 bits per heavy atom. The number of nitrogens with one attached hydrogen (secondary N) is 1. The Hall–Kier alpha value is -0.450. The van der Waals surface area contributed by atoms with Crippen molar-refractivity contribution in [2.75, 3.05) is 13.1 Å². The van der Waals surface area contributed by atoms with Crippen molar-refractivity contribution in [2.24, 2.45) is 5.92 Å². The van der Waals surface area contributed by atoms with Gasteiger partial charge in [0.25, 0.3) is 0 Å². The van der Waals surface area contributed by atoms with E-state index in [1.165, 1.54) is 62.3 Å². The van der Waals surface area contributed by atoms with Gasteiger partial charge in [-0.3, -0.25) is 4.90 Å². The van der Waals surface area contributed by atoms with Crippen LogP contribution in [0, 0.1) is 12.8 Å². The van der Waals surface area contributed by atoms with Crippen LogP contribution in [0.4, 0.5) is 0 Å². The molecule has 0 aromatic carbocycles. The fourth-order valence-electron chi connectivity index (χ4n) is 4.14. The summed E-state index contributed by atoms with van der Waals surface area (Å²) < 4.78 is 0. The van der Waals surface area contributed by atoms with Gasteiger partial charge in [-0.2, -0.15) is 0 Å². The maximum Gasteiger partial charge on any atom is 0.107 e. The highest BCUT2D eigenvalue weighted by Crippen LogP contribution is 2.41. The third-order valence-electron chi connectivity index (χ3n) is 5.50. The first-order valence-electron chi connectivity index (χ1n) is 8.15. The number of thiazole rings is 1. The van der Waals surface area contributed by atoms with E-state index in [0.717, 1.165) is 18.5 Å². The predicted octanol–water partition coefficient (Wildman–Crippen LogP) is 2.95. The standard InChI is InChI=1S/C16H25N3S/c1-12-10-20-15(18-12)9-19-8-14(13-4-5-13)17-11-16(19)6-2-3-7-16/h10,13-14,17H,2-9,11H2,1H3. The average molecular weight is 291 g/mol. The van der Waals surface area contributed by atoms with E-state index in [-0.39, 0.29) is 0 Å². The van der Waals surface area contributed by atoms with Gasteiger partial charge in [-0.15, -0.1) is 11.3 Å². The first kappa shape index (κ1) is 13.2. The molecule has 2 heterocycles. The minimum atomic E-state index is 0.435. The van der Waals surface area contributed by atoms with Gasteiger partial charge in [0.15, 0.2) is 0 Å². The lowest BCUT2D eigenvalue weighted by Crippen LogP contribution is -2.63. The van der Waals surface area contributed by atoms with Gasteiger partial charge in [-0.05, 0) is 38.5 Å². The van der Waals surface area contributed by atoms with Crippen LogP contribution < -0.4 is 5.32 Å². The molecule has 1 aromatic heterocycles. The van der Waals surface area contributed by atoms with Crippen LogP contribution in [0.1, 0.15) is 49.2 Å². The Balaban J connectivity index is 1.53. The van der Waals surface area contributed by atoms with Crippen molar-refractivity contribution >= 4 is 11.3 Å². The minimum absolute atomic E-state index is 0.435. The number of aromatic nitrogens is 1. The van der Waals surface area contributed by atoms with E-state index in [1.54, 1.807) is 0 Å². The fourth-order valence-corrected chi connectivity index (χ4v) is 4.93. The van der Waals surface area contributed by atoms with Crippen molar-refractivity contribution in [1.82, 2.24) is 15.2 Å². The van der Waals surface area contributed by atoms with E-state index >= 15 is 0 Å². The zero-order chi connectivity index (χ0) is 13.6. The summed E-state index contributed by atoms with van der Waals surface area (Å²) in [5.74, 6) is 0.953. The van der Waals surface area contributed by atoms with Crippen molar-refractivity contribution in [1.29, 1.82) is 0 Å². The smallest absolute Gasteiger partial charge is 0.107 e. The highest BCUT2D eigenvalue weighted by molar-refractivity contribution is 7.09. The molecule has 1 saturated heterocycles. The normalized spacial score (nSPS) is 30.1. The van der Waals surface area contributed by atoms with E-state index < -0.39 is 0 Å². The second kappa shape index (κ2) is 5.08. The Morgan fingerprint density at radius 1 is 1.40 bits per heavy atom. The molecule has 1 atom stereocenters. The average Bonchev–Trinajstić information content (AvgIpc) is 3.05. The summed E-state index contributed by atoms with van der Waals surface area (Å²) in [7, 11) is 0. The van der Waals surface area contributed by atoms with Crippen molar-refractivity contribution in [3.05, 3.63) is 16.1 Å². The van der Waals surface area contributed by atoms with Crippen LogP contribution in [0.15, 0.2) is 5.38 Å². The van der Waals surface area contributed by atoms with Gasteiger partial charge < -0.3 is 5.32 Å². The highest BCUT2D eigenvalue weighted by atomic mass is 32.1. The molecular weight excluding hydrogens is 266 g/mol. The molecule has 1 spiro atoms. The lowest BCUT2D eigenvalue weighted by Gasteiger charge is -2.48. The van der Waals surface area contributed by atoms with Crippen LogP contribution in [-0.2, 0) is 6.54 Å². The molecule has 2 aliphatic carbocycles. The zero-order valence-corrected chi connectivity index (χ0v) is 13.2. The molecule has 4 rings (SSSR count). The molecule has 1 N–H and O–H groups in total. The van der Waals surface area contributed by atoms with Crippen LogP contribution in [0.25, 0.3) is 0 Å². The van der Waals surface area contributed by atoms with Gasteiger partial charge in [-0.25, -0.2) is 4.98 Å². The Morgan fingerprint density at radius 3 is 2.85 bits per heavy atom. The number of aryl methyl sites for hydroxylation is 1. The number of hydrogen-bond acceptors (Lipinski definition) is 4. The van der Waals surface area contributed by atoms with Crippen LogP contribution in [0.3, 0.4) is 0 Å². The third-order valence-corrected chi connectivity index (χ3v) is 6.45. The Labute approximate surface area is 125 Å². The summed E-state index contributed by atoms with van der Waals surface area (Å²) in [6.07, 6.45) is 8.44. The fraction of sp³-hybridized carbons (Fsp3) is 0.812. The maximum atomic E-state index is 4.70. The first-order valence-corrected chi connectivity index (χ1v) is 9.03. The quantitative estimate of drug-likeness (QED) is 0.928. The molecule has 3 nitrogen and oxygen atoms in total. The molecule has 0 amide bonds. The molecule has 20 heavy (non-hydrogen) atoms. The molecule has 1 aromatic rings. The van der Waals surface area contributed by atoms with Crippen molar-refractivity contribution in [3.8, 4) is 0 Å². The van der Waals surface area contributed by atoms with Gasteiger partial charge >= 0.3 is 0 Å². The minimum Gasteiger partial charge on any atom is -0.311 e. The van der Waals surface area contributed by atoms with Gasteiger partial charge in [0.1, 0.15) is 5.01 Å². The lowest BCUT2D eigenvalue weighted by atomic mass is 9.90. The third kappa shape index (κ3) is 2.42. The molecule has 1 aliphatic heterocycles. The van der Waals surface area contributed by atoms with Crippen LogP contribution in [0.5, 0.6) is 0 Å². The van der Waals surface area contributed by atoms with E-state index in [9.17, 15) is 0 Å². The van der Waals surface area contributed by atoms with Gasteiger partial charge in [0, 0.05) is 35.7 Å². The molecule has 3 aliphatic rings. The van der Waals surface area contributed by atoms with Gasteiger partial charge in [0.2, 0.25) is 0 Å². The van der Waals surface area contributed by atoms with Crippen molar-refractivity contribution in [3.63, 3.8) is 0 Å². The van der Waals surface area contributed by atoms with E-state index in [0.29, 0.717) is 5.54 Å². The lowest BCUT2D eigenvalue weighted by molar-refractivity contribution is 0.0311. The summed E-state index contributed by atoms with van der Waals surface area (Å²) in [5.41, 5.74) is 1.62. The summed E-state index contributed by atoms with van der Waals surface area (Å²) in [5, 5.41) is 7.38. The number of piperazine rings is 1. The summed E-state index contributed by atoms with van der Waals surface area (Å²) in [4.78, 5) is 7.49. The van der Waals surface area contributed by atoms with E-state index in [2.05, 4.69) is 22.5 Å². The summed E-state index contributed by atoms with van der Waals surface area (Å²) >= 11 is 1.84. The van der Waals surface area contributed by atoms with Crippen molar-refractivity contribution < 1.29 is 0 Å². The Kier molecular flexibility index (Phi) is 3.36. The topological polar surface area (TPSA) is 28.2 Å². The second-order valence-electron chi connectivity index (χ2n) is 7.02. The SMILES string of the molecule is Cc1csc(CN2CC(C3CC3)NCC23CCCC3)n1. The number of hydrogen-bond donors (Lipinski definition) is 1. The van der Waals surface area contributed by atoms with Crippen LogP contribution in [-0.4, -0.2) is 34.6 Å². The van der Waals surface area contributed by atoms with E-state index in [1.807, 2.05) is 11.3 Å². The Bertz CT molecular complexity index is 474. The molecule has 2 saturated carbocycles. The first-order chi connectivity index (χ1) is 9.75. The number of nitrogens with zero attached hydrogens (tertiary/aromatic N) is 2. The van der Waals surface area contributed by atoms with Gasteiger partial charge in [0.05, 0.1) is 6.54 Å². The second-order valence-corrected chi connectivity index (χ2v) is 7.96. The summed E-state index contributed by atoms with van der Waals surface area (Å²) in [6.45, 7) is 5.63. The molecule has 4 heteroatoms. The summed E-state index contributed by atoms with van der Waals surface area (Å²) in [6, 6.07) is 0.738. The van der Waals surface area contributed by atoms with E-state index in [4.69, 9.17) is 4.98 Å². The largest absolute Gasteiger partial charge is 0.311 e. The molecule has 1 unspecified atom stereocenters. The predicted molar refractivity (Wildman–Crippen MR) is 83.0 cm³/mol. The van der Waals surface area contributed by atoms with Gasteiger partial charge in [-0.1, -0.05) is 12.8 Å². The maximum absolute atomic E-state index is 4.70. The zero-order valence-electron chi connectivity index (χ0n) is 12.4. The molecule has 110 valence electrons. The molecule has 3 fully saturated rings.